The molecule has 0 radical (unpaired) electrons. The van der Waals surface area contributed by atoms with Crippen LogP contribution in [-0.4, -0.2) is 12.9 Å². The molecule has 3 rings (SSSR count). The Balaban J connectivity index is 2.05. The number of furan rings is 1. The zero-order valence-electron chi connectivity index (χ0n) is 11.2. The predicted molar refractivity (Wildman–Crippen MR) is 75.7 cm³/mol. The number of nitrogens with zero attached hydrogens (tertiary/aromatic N) is 1. The van der Waals surface area contributed by atoms with Gasteiger partial charge in [0.15, 0.2) is 5.78 Å². The van der Waals surface area contributed by atoms with Crippen LogP contribution in [0.4, 0.5) is 5.69 Å². The van der Waals surface area contributed by atoms with Crippen molar-refractivity contribution in [2.45, 2.75) is 12.5 Å². The number of benzene rings is 1. The fourth-order valence-electron chi connectivity index (χ4n) is 2.43. The maximum Gasteiger partial charge on any atom is 0.159 e. The number of ether oxygens (including phenoxy) is 1. The van der Waals surface area contributed by atoms with Gasteiger partial charge in [0, 0.05) is 12.6 Å². The summed E-state index contributed by atoms with van der Waals surface area (Å²) in [6, 6.07) is 11.3. The molecule has 0 bridgehead atoms. The molecule has 0 unspecified atom stereocenters. The molecule has 4 heteroatoms. The lowest BCUT2D eigenvalue weighted by atomic mass is 10.0. The van der Waals surface area contributed by atoms with Crippen molar-refractivity contribution in [3.05, 3.63) is 60.7 Å². The first kappa shape index (κ1) is 12.5. The van der Waals surface area contributed by atoms with Crippen molar-refractivity contribution in [2.24, 2.45) is 0 Å². The molecular weight excluding hydrogens is 254 g/mol. The Labute approximate surface area is 117 Å². The van der Waals surface area contributed by atoms with E-state index in [-0.39, 0.29) is 11.8 Å². The molecule has 2 aromatic rings. The normalized spacial score (nSPS) is 18.4. The van der Waals surface area contributed by atoms with E-state index in [4.69, 9.17) is 9.15 Å². The number of anilines is 1. The number of methoxy groups -OCH3 is 1. The Hall–Kier alpha value is -2.49. The summed E-state index contributed by atoms with van der Waals surface area (Å²) in [6.45, 7) is 0. The third-order valence-corrected chi connectivity index (χ3v) is 3.39. The highest BCUT2D eigenvalue weighted by Crippen LogP contribution is 2.38. The SMILES string of the molecule is COc1ccccc1N1C=CC(=O)C[C@@H]1c1ccco1. The fraction of sp³-hybridized carbons (Fsp3) is 0.188. The van der Waals surface area contributed by atoms with Crippen molar-refractivity contribution in [3.8, 4) is 5.75 Å². The second-order valence-electron chi connectivity index (χ2n) is 4.60. The third-order valence-electron chi connectivity index (χ3n) is 3.39. The second-order valence-corrected chi connectivity index (χ2v) is 4.60. The Morgan fingerprint density at radius 3 is 2.85 bits per heavy atom. The van der Waals surface area contributed by atoms with E-state index in [1.54, 1.807) is 25.6 Å². The van der Waals surface area contributed by atoms with Gasteiger partial charge in [0.05, 0.1) is 25.1 Å². The molecule has 0 saturated heterocycles. The first-order chi connectivity index (χ1) is 9.79. The zero-order chi connectivity index (χ0) is 13.9. The molecule has 0 amide bonds. The minimum Gasteiger partial charge on any atom is -0.495 e. The maximum atomic E-state index is 11.7. The average Bonchev–Trinajstić information content (AvgIpc) is 3.01. The van der Waals surface area contributed by atoms with Gasteiger partial charge in [0.25, 0.3) is 0 Å². The van der Waals surface area contributed by atoms with Crippen molar-refractivity contribution >= 4 is 11.5 Å². The monoisotopic (exact) mass is 269 g/mol. The van der Waals surface area contributed by atoms with E-state index < -0.39 is 0 Å². The van der Waals surface area contributed by atoms with Gasteiger partial charge in [-0.3, -0.25) is 4.79 Å². The highest BCUT2D eigenvalue weighted by molar-refractivity contribution is 5.92. The standard InChI is InChI=1S/C16H15NO3/c1-19-15-6-3-2-5-13(15)17-9-8-12(18)11-14(17)16-7-4-10-20-16/h2-10,14H,11H2,1H3/t14-/m1/s1. The molecule has 1 aliphatic rings. The van der Waals surface area contributed by atoms with Gasteiger partial charge >= 0.3 is 0 Å². The van der Waals surface area contributed by atoms with Crippen LogP contribution in [0.1, 0.15) is 18.2 Å². The number of para-hydroxylation sites is 2. The molecule has 1 atom stereocenters. The van der Waals surface area contributed by atoms with E-state index in [1.807, 2.05) is 41.3 Å². The molecule has 0 spiro atoms. The Morgan fingerprint density at radius 2 is 2.10 bits per heavy atom. The first-order valence-electron chi connectivity index (χ1n) is 6.45. The number of rotatable bonds is 3. The molecule has 2 heterocycles. The minimum atomic E-state index is -0.140. The van der Waals surface area contributed by atoms with Gasteiger partial charge in [-0.1, -0.05) is 12.1 Å². The van der Waals surface area contributed by atoms with Crippen LogP contribution in [0.5, 0.6) is 5.75 Å². The summed E-state index contributed by atoms with van der Waals surface area (Å²) in [4.78, 5) is 13.7. The van der Waals surface area contributed by atoms with Crippen LogP contribution in [0.3, 0.4) is 0 Å². The van der Waals surface area contributed by atoms with E-state index in [0.29, 0.717) is 6.42 Å². The highest BCUT2D eigenvalue weighted by Gasteiger charge is 2.28. The van der Waals surface area contributed by atoms with E-state index in [0.717, 1.165) is 17.2 Å². The maximum absolute atomic E-state index is 11.7. The molecule has 0 fully saturated rings. The molecule has 0 N–H and O–H groups in total. The molecule has 4 nitrogen and oxygen atoms in total. The molecule has 1 aliphatic heterocycles. The summed E-state index contributed by atoms with van der Waals surface area (Å²) in [6.07, 6.45) is 5.39. The molecule has 102 valence electrons. The Kier molecular flexibility index (Phi) is 3.29. The van der Waals surface area contributed by atoms with Crippen LogP contribution in [-0.2, 0) is 4.79 Å². The van der Waals surface area contributed by atoms with E-state index in [1.165, 1.54) is 0 Å². The van der Waals surface area contributed by atoms with E-state index in [9.17, 15) is 4.79 Å². The molecule has 0 aliphatic carbocycles. The van der Waals surface area contributed by atoms with Gasteiger partial charge in [-0.25, -0.2) is 0 Å². The lowest BCUT2D eigenvalue weighted by Gasteiger charge is -2.32. The summed E-state index contributed by atoms with van der Waals surface area (Å²) in [5.41, 5.74) is 0.917. The van der Waals surface area contributed by atoms with Crippen molar-refractivity contribution in [1.29, 1.82) is 0 Å². The van der Waals surface area contributed by atoms with Gasteiger partial charge in [0.2, 0.25) is 0 Å². The number of hydrogen-bond acceptors (Lipinski definition) is 4. The molecular formula is C16H15NO3. The lowest BCUT2D eigenvalue weighted by Crippen LogP contribution is -2.29. The summed E-state index contributed by atoms with van der Waals surface area (Å²) >= 11 is 0. The predicted octanol–water partition coefficient (Wildman–Crippen LogP) is 3.32. The molecule has 1 aromatic heterocycles. The average molecular weight is 269 g/mol. The van der Waals surface area contributed by atoms with Crippen molar-refractivity contribution in [1.82, 2.24) is 0 Å². The van der Waals surface area contributed by atoms with Crippen molar-refractivity contribution in [2.75, 3.05) is 12.0 Å². The van der Waals surface area contributed by atoms with Crippen molar-refractivity contribution in [3.63, 3.8) is 0 Å². The second kappa shape index (κ2) is 5.25. The lowest BCUT2D eigenvalue weighted by molar-refractivity contribution is -0.115. The van der Waals surface area contributed by atoms with Gasteiger partial charge in [0.1, 0.15) is 11.5 Å². The largest absolute Gasteiger partial charge is 0.495 e. The number of carbonyl (C=O) groups is 1. The Morgan fingerprint density at radius 1 is 1.25 bits per heavy atom. The quantitative estimate of drug-likeness (QED) is 0.857. The smallest absolute Gasteiger partial charge is 0.159 e. The summed E-state index contributed by atoms with van der Waals surface area (Å²) < 4.78 is 10.9. The topological polar surface area (TPSA) is 42.7 Å². The molecule has 20 heavy (non-hydrogen) atoms. The van der Waals surface area contributed by atoms with E-state index in [2.05, 4.69) is 0 Å². The summed E-state index contributed by atoms with van der Waals surface area (Å²) in [5.74, 6) is 1.63. The molecule has 0 saturated carbocycles. The Bertz CT molecular complexity index is 631. The molecule has 1 aromatic carbocycles. The van der Waals surface area contributed by atoms with E-state index >= 15 is 0 Å². The zero-order valence-corrected chi connectivity index (χ0v) is 11.2. The minimum absolute atomic E-state index is 0.0950. The van der Waals surface area contributed by atoms with Gasteiger partial charge in [-0.2, -0.15) is 0 Å². The van der Waals surface area contributed by atoms with Gasteiger partial charge < -0.3 is 14.1 Å². The summed E-state index contributed by atoms with van der Waals surface area (Å²) in [5, 5.41) is 0. The number of carbonyl (C=O) groups excluding carboxylic acids is 1. The van der Waals surface area contributed by atoms with Crippen LogP contribution < -0.4 is 9.64 Å². The number of hydrogen-bond donors (Lipinski definition) is 0. The van der Waals surface area contributed by atoms with Crippen LogP contribution in [0, 0.1) is 0 Å². The third kappa shape index (κ3) is 2.20. The first-order valence-corrected chi connectivity index (χ1v) is 6.45. The van der Waals surface area contributed by atoms with Crippen LogP contribution in [0.15, 0.2) is 59.4 Å². The summed E-state index contributed by atoms with van der Waals surface area (Å²) in [7, 11) is 1.64. The van der Waals surface area contributed by atoms with Crippen LogP contribution in [0.25, 0.3) is 0 Å². The van der Waals surface area contributed by atoms with Gasteiger partial charge in [-0.05, 0) is 30.3 Å². The van der Waals surface area contributed by atoms with Crippen molar-refractivity contribution < 1.29 is 13.9 Å². The highest BCUT2D eigenvalue weighted by atomic mass is 16.5. The van der Waals surface area contributed by atoms with Crippen LogP contribution >= 0.6 is 0 Å². The fourth-order valence-corrected chi connectivity index (χ4v) is 2.43. The van der Waals surface area contributed by atoms with Gasteiger partial charge in [-0.15, -0.1) is 0 Å². The number of ketones is 1. The number of allylic oxidation sites excluding steroid dienone is 1. The van der Waals surface area contributed by atoms with Crippen LogP contribution in [0.2, 0.25) is 0 Å².